The maximum Gasteiger partial charge on any atom is 0.186 e. The summed E-state index contributed by atoms with van der Waals surface area (Å²) >= 11 is 1.50. The molecule has 1 unspecified atom stereocenters. The van der Waals surface area contributed by atoms with Crippen LogP contribution in [0.25, 0.3) is 0 Å². The van der Waals surface area contributed by atoms with Crippen molar-refractivity contribution >= 4 is 22.8 Å². The zero-order valence-electron chi connectivity index (χ0n) is 13.9. The van der Waals surface area contributed by atoms with Gasteiger partial charge in [0.25, 0.3) is 0 Å². The third-order valence-electron chi connectivity index (χ3n) is 3.82. The standard InChI is InChI=1S/C16H26N2O2S/c1-7-11(2)13-12(8-19)21-14(17-13)18-9-15(3,4)20-16(5,6)10-18/h8,11H,7,9-10H2,1-6H3. The van der Waals surface area contributed by atoms with Gasteiger partial charge in [-0.2, -0.15) is 0 Å². The van der Waals surface area contributed by atoms with E-state index in [1.807, 2.05) is 0 Å². The average molecular weight is 310 g/mol. The molecule has 5 heteroatoms. The normalized spacial score (nSPS) is 22.1. The van der Waals surface area contributed by atoms with E-state index in [4.69, 9.17) is 9.72 Å². The average Bonchev–Trinajstić information content (AvgIpc) is 2.78. The molecular formula is C16H26N2O2S. The molecule has 0 radical (unpaired) electrons. The van der Waals surface area contributed by atoms with Crippen LogP contribution in [0.1, 0.15) is 69.2 Å². The number of morpholine rings is 1. The summed E-state index contributed by atoms with van der Waals surface area (Å²) in [4.78, 5) is 19.1. The van der Waals surface area contributed by atoms with E-state index in [0.29, 0.717) is 5.92 Å². The van der Waals surface area contributed by atoms with Gasteiger partial charge in [0, 0.05) is 13.1 Å². The highest BCUT2D eigenvalue weighted by atomic mass is 32.1. The predicted molar refractivity (Wildman–Crippen MR) is 87.7 cm³/mol. The minimum Gasteiger partial charge on any atom is -0.366 e. The number of thiazole rings is 1. The number of hydrogen-bond donors (Lipinski definition) is 0. The quantitative estimate of drug-likeness (QED) is 0.792. The van der Waals surface area contributed by atoms with Crippen LogP contribution >= 0.6 is 11.3 Å². The molecule has 1 fully saturated rings. The summed E-state index contributed by atoms with van der Waals surface area (Å²) in [6, 6.07) is 0. The highest BCUT2D eigenvalue weighted by Gasteiger charge is 2.39. The van der Waals surface area contributed by atoms with Gasteiger partial charge in [0.1, 0.15) is 0 Å². The Morgan fingerprint density at radius 3 is 2.38 bits per heavy atom. The first-order valence-electron chi connectivity index (χ1n) is 7.58. The monoisotopic (exact) mass is 310 g/mol. The predicted octanol–water partition coefficient (Wildman–Crippen LogP) is 3.86. The lowest BCUT2D eigenvalue weighted by Gasteiger charge is -2.47. The maximum absolute atomic E-state index is 11.3. The number of nitrogens with zero attached hydrogens (tertiary/aromatic N) is 2. The van der Waals surface area contributed by atoms with E-state index in [2.05, 4.69) is 46.4 Å². The summed E-state index contributed by atoms with van der Waals surface area (Å²) in [6.45, 7) is 14.2. The Bertz CT molecular complexity index is 506. The molecule has 0 amide bonds. The molecule has 21 heavy (non-hydrogen) atoms. The molecule has 1 atom stereocenters. The lowest BCUT2D eigenvalue weighted by atomic mass is 9.99. The van der Waals surface area contributed by atoms with Crippen molar-refractivity contribution < 1.29 is 9.53 Å². The summed E-state index contributed by atoms with van der Waals surface area (Å²) in [5.74, 6) is 0.317. The Balaban J connectivity index is 2.33. The molecule has 0 aromatic carbocycles. The largest absolute Gasteiger partial charge is 0.366 e. The number of hydrogen-bond acceptors (Lipinski definition) is 5. The molecule has 1 aromatic heterocycles. The van der Waals surface area contributed by atoms with Crippen LogP contribution < -0.4 is 4.90 Å². The molecule has 118 valence electrons. The first-order chi connectivity index (χ1) is 9.67. The van der Waals surface area contributed by atoms with Crippen molar-refractivity contribution in [1.82, 2.24) is 4.98 Å². The number of carbonyl (C=O) groups is 1. The highest BCUT2D eigenvalue weighted by Crippen LogP contribution is 2.36. The van der Waals surface area contributed by atoms with Crippen LogP contribution in [0, 0.1) is 0 Å². The van der Waals surface area contributed by atoms with Gasteiger partial charge in [-0.15, -0.1) is 0 Å². The third kappa shape index (κ3) is 3.64. The fraction of sp³-hybridized carbons (Fsp3) is 0.750. The Kier molecular flexibility index (Phi) is 4.45. The third-order valence-corrected chi connectivity index (χ3v) is 4.88. The van der Waals surface area contributed by atoms with Crippen LogP contribution in [0.3, 0.4) is 0 Å². The van der Waals surface area contributed by atoms with Crippen molar-refractivity contribution in [2.75, 3.05) is 18.0 Å². The summed E-state index contributed by atoms with van der Waals surface area (Å²) in [6.07, 6.45) is 1.93. The van der Waals surface area contributed by atoms with Gasteiger partial charge >= 0.3 is 0 Å². The van der Waals surface area contributed by atoms with Gasteiger partial charge in [-0.3, -0.25) is 4.79 Å². The van der Waals surface area contributed by atoms with Gasteiger partial charge in [0.2, 0.25) is 0 Å². The van der Waals surface area contributed by atoms with Gasteiger partial charge in [-0.25, -0.2) is 4.98 Å². The molecule has 2 rings (SSSR count). The molecule has 0 saturated carbocycles. The smallest absolute Gasteiger partial charge is 0.186 e. The molecule has 2 heterocycles. The molecule has 0 N–H and O–H groups in total. The molecule has 1 aliphatic heterocycles. The van der Waals surface area contributed by atoms with Crippen LogP contribution in [0.2, 0.25) is 0 Å². The first kappa shape index (κ1) is 16.4. The molecule has 0 bridgehead atoms. The minimum absolute atomic E-state index is 0.217. The number of anilines is 1. The summed E-state index contributed by atoms with van der Waals surface area (Å²) < 4.78 is 6.11. The SMILES string of the molecule is CCC(C)c1nc(N2CC(C)(C)OC(C)(C)C2)sc1C=O. The van der Waals surface area contributed by atoms with Crippen molar-refractivity contribution in [2.24, 2.45) is 0 Å². The topological polar surface area (TPSA) is 42.4 Å². The van der Waals surface area contributed by atoms with Crippen molar-refractivity contribution in [3.05, 3.63) is 10.6 Å². The number of ether oxygens (including phenoxy) is 1. The molecule has 4 nitrogen and oxygen atoms in total. The fourth-order valence-corrected chi connectivity index (χ4v) is 4.02. The van der Waals surface area contributed by atoms with E-state index in [1.165, 1.54) is 11.3 Å². The van der Waals surface area contributed by atoms with E-state index in [9.17, 15) is 4.79 Å². The van der Waals surface area contributed by atoms with E-state index >= 15 is 0 Å². The fourth-order valence-electron chi connectivity index (χ4n) is 3.02. The summed E-state index contributed by atoms with van der Waals surface area (Å²) in [7, 11) is 0. The summed E-state index contributed by atoms with van der Waals surface area (Å²) in [5, 5.41) is 0.942. The second-order valence-electron chi connectivity index (χ2n) is 7.15. The summed E-state index contributed by atoms with van der Waals surface area (Å²) in [5.41, 5.74) is 0.506. The van der Waals surface area contributed by atoms with Gasteiger partial charge in [0.05, 0.1) is 21.8 Å². The zero-order valence-corrected chi connectivity index (χ0v) is 14.7. The van der Waals surface area contributed by atoms with Crippen molar-refractivity contribution in [1.29, 1.82) is 0 Å². The second kappa shape index (κ2) is 5.69. The first-order valence-corrected chi connectivity index (χ1v) is 8.40. The number of rotatable bonds is 4. The molecule has 1 saturated heterocycles. The lowest BCUT2D eigenvalue weighted by molar-refractivity contribution is -0.133. The second-order valence-corrected chi connectivity index (χ2v) is 8.16. The number of carbonyl (C=O) groups excluding carboxylic acids is 1. The molecular weight excluding hydrogens is 284 g/mol. The van der Waals surface area contributed by atoms with E-state index < -0.39 is 0 Å². The Morgan fingerprint density at radius 1 is 1.33 bits per heavy atom. The molecule has 0 spiro atoms. The van der Waals surface area contributed by atoms with Crippen molar-refractivity contribution in [3.8, 4) is 0 Å². The van der Waals surface area contributed by atoms with Crippen LogP contribution in [0.5, 0.6) is 0 Å². The van der Waals surface area contributed by atoms with E-state index in [1.54, 1.807) is 0 Å². The van der Waals surface area contributed by atoms with E-state index in [-0.39, 0.29) is 11.2 Å². The van der Waals surface area contributed by atoms with Crippen LogP contribution in [-0.4, -0.2) is 35.6 Å². The highest BCUT2D eigenvalue weighted by molar-refractivity contribution is 7.17. The van der Waals surface area contributed by atoms with Crippen LogP contribution in [-0.2, 0) is 4.74 Å². The van der Waals surface area contributed by atoms with Gasteiger partial charge in [-0.05, 0) is 40.0 Å². The lowest BCUT2D eigenvalue weighted by Crippen LogP contribution is -2.57. The van der Waals surface area contributed by atoms with Crippen molar-refractivity contribution in [3.63, 3.8) is 0 Å². The number of aromatic nitrogens is 1. The zero-order chi connectivity index (χ0) is 15.8. The molecule has 1 aromatic rings. The van der Waals surface area contributed by atoms with Crippen molar-refractivity contribution in [2.45, 2.75) is 65.1 Å². The minimum atomic E-state index is -0.217. The Hall–Kier alpha value is -0.940. The van der Waals surface area contributed by atoms with Gasteiger partial charge < -0.3 is 9.64 Å². The van der Waals surface area contributed by atoms with E-state index in [0.717, 1.165) is 41.5 Å². The van der Waals surface area contributed by atoms with Crippen LogP contribution in [0.4, 0.5) is 5.13 Å². The molecule has 1 aliphatic rings. The Labute approximate surface area is 131 Å². The number of aldehydes is 1. The Morgan fingerprint density at radius 2 is 1.90 bits per heavy atom. The maximum atomic E-state index is 11.3. The van der Waals surface area contributed by atoms with Gasteiger partial charge in [0.15, 0.2) is 11.4 Å². The molecule has 0 aliphatic carbocycles. The van der Waals surface area contributed by atoms with Gasteiger partial charge in [-0.1, -0.05) is 25.2 Å². The van der Waals surface area contributed by atoms with Crippen LogP contribution in [0.15, 0.2) is 0 Å².